The van der Waals surface area contributed by atoms with Gasteiger partial charge in [-0.25, -0.2) is 0 Å². The Labute approximate surface area is 122 Å². The van der Waals surface area contributed by atoms with E-state index in [0.29, 0.717) is 24.4 Å². The topological polar surface area (TPSA) is 55.4 Å². The monoisotopic (exact) mass is 283 g/mol. The van der Waals surface area contributed by atoms with Crippen molar-refractivity contribution in [1.29, 1.82) is 0 Å². The average molecular weight is 283 g/mol. The predicted octanol–water partition coefficient (Wildman–Crippen LogP) is 2.42. The Hall–Kier alpha value is -0.900. The van der Waals surface area contributed by atoms with E-state index in [1.807, 2.05) is 6.92 Å². The first-order chi connectivity index (χ1) is 9.45. The van der Waals surface area contributed by atoms with Crippen LogP contribution in [0.15, 0.2) is 0 Å². The van der Waals surface area contributed by atoms with E-state index < -0.39 is 0 Å². The molecule has 1 rings (SSSR count). The Kier molecular flexibility index (Phi) is 7.20. The van der Waals surface area contributed by atoms with Gasteiger partial charge in [-0.1, -0.05) is 27.2 Å². The first-order valence-corrected chi connectivity index (χ1v) is 7.82. The highest BCUT2D eigenvalue weighted by atomic mass is 16.5. The van der Waals surface area contributed by atoms with E-state index in [0.717, 1.165) is 12.8 Å². The minimum atomic E-state index is -0.0647. The van der Waals surface area contributed by atoms with Crippen LogP contribution in [0.1, 0.15) is 47.0 Å². The van der Waals surface area contributed by atoms with Crippen LogP contribution in [0.3, 0.4) is 0 Å². The zero-order chi connectivity index (χ0) is 15.1. The molecule has 3 atom stereocenters. The lowest BCUT2D eigenvalue weighted by Gasteiger charge is -2.36. The SMILES string of the molecule is CCOCC(=O)CNC(=O)[C@@H]1CC(C)CCC1C(C)C. The van der Waals surface area contributed by atoms with Gasteiger partial charge in [0, 0.05) is 12.5 Å². The molecule has 2 unspecified atom stereocenters. The van der Waals surface area contributed by atoms with Gasteiger partial charge < -0.3 is 10.1 Å². The van der Waals surface area contributed by atoms with Crippen LogP contribution >= 0.6 is 0 Å². The van der Waals surface area contributed by atoms with E-state index in [-0.39, 0.29) is 30.8 Å². The molecule has 0 aromatic carbocycles. The van der Waals surface area contributed by atoms with Gasteiger partial charge in [-0.05, 0) is 37.5 Å². The number of ether oxygens (including phenoxy) is 1. The molecule has 1 aliphatic rings. The summed E-state index contributed by atoms with van der Waals surface area (Å²) in [6.07, 6.45) is 3.26. The quantitative estimate of drug-likeness (QED) is 0.780. The first-order valence-electron chi connectivity index (χ1n) is 7.82. The van der Waals surface area contributed by atoms with Crippen molar-refractivity contribution in [2.24, 2.45) is 23.7 Å². The van der Waals surface area contributed by atoms with Crippen LogP contribution in [0.2, 0.25) is 0 Å². The van der Waals surface area contributed by atoms with Crippen LogP contribution in [0.25, 0.3) is 0 Å². The Morgan fingerprint density at radius 3 is 2.60 bits per heavy atom. The standard InChI is InChI=1S/C16H29NO3/c1-5-20-10-13(18)9-17-16(19)15-8-12(4)6-7-14(15)11(2)3/h11-12,14-15H,5-10H2,1-4H3,(H,17,19)/t12?,14?,15-/m1/s1. The molecule has 0 saturated heterocycles. The molecule has 116 valence electrons. The minimum Gasteiger partial charge on any atom is -0.374 e. The van der Waals surface area contributed by atoms with E-state index in [1.165, 1.54) is 6.42 Å². The van der Waals surface area contributed by atoms with Crippen molar-refractivity contribution in [3.05, 3.63) is 0 Å². The van der Waals surface area contributed by atoms with Crippen molar-refractivity contribution >= 4 is 11.7 Å². The Bertz CT molecular complexity index is 328. The molecule has 0 aromatic rings. The molecule has 1 aliphatic carbocycles. The van der Waals surface area contributed by atoms with E-state index in [2.05, 4.69) is 26.1 Å². The van der Waals surface area contributed by atoms with E-state index >= 15 is 0 Å². The molecule has 0 aliphatic heterocycles. The predicted molar refractivity (Wildman–Crippen MR) is 79.3 cm³/mol. The van der Waals surface area contributed by atoms with Crippen LogP contribution in [-0.2, 0) is 14.3 Å². The highest BCUT2D eigenvalue weighted by Gasteiger charge is 2.35. The van der Waals surface area contributed by atoms with Crippen molar-refractivity contribution < 1.29 is 14.3 Å². The van der Waals surface area contributed by atoms with Gasteiger partial charge in [0.1, 0.15) is 6.61 Å². The van der Waals surface area contributed by atoms with Crippen LogP contribution in [0.4, 0.5) is 0 Å². The highest BCUT2D eigenvalue weighted by molar-refractivity contribution is 5.87. The largest absolute Gasteiger partial charge is 0.374 e. The molecule has 0 spiro atoms. The van der Waals surface area contributed by atoms with E-state index in [4.69, 9.17) is 4.74 Å². The molecule has 0 aromatic heterocycles. The van der Waals surface area contributed by atoms with Crippen LogP contribution in [0, 0.1) is 23.7 Å². The fraction of sp³-hybridized carbons (Fsp3) is 0.875. The van der Waals surface area contributed by atoms with Gasteiger partial charge in [0.05, 0.1) is 6.54 Å². The Morgan fingerprint density at radius 1 is 1.30 bits per heavy atom. The second kappa shape index (κ2) is 8.40. The lowest BCUT2D eigenvalue weighted by atomic mass is 9.70. The highest BCUT2D eigenvalue weighted by Crippen LogP contribution is 2.37. The summed E-state index contributed by atoms with van der Waals surface area (Å²) in [7, 11) is 0. The molecular weight excluding hydrogens is 254 g/mol. The number of nitrogens with one attached hydrogen (secondary N) is 1. The molecule has 1 saturated carbocycles. The lowest BCUT2D eigenvalue weighted by Crippen LogP contribution is -2.42. The zero-order valence-corrected chi connectivity index (χ0v) is 13.3. The van der Waals surface area contributed by atoms with Crippen LogP contribution in [-0.4, -0.2) is 31.4 Å². The van der Waals surface area contributed by atoms with Gasteiger partial charge in [0.15, 0.2) is 5.78 Å². The van der Waals surface area contributed by atoms with Gasteiger partial charge in [-0.15, -0.1) is 0 Å². The summed E-state index contributed by atoms with van der Waals surface area (Å²) in [5, 5.41) is 2.80. The number of ketones is 1. The third-order valence-electron chi connectivity index (χ3n) is 4.29. The second-order valence-electron chi connectivity index (χ2n) is 6.33. The molecular formula is C16H29NO3. The summed E-state index contributed by atoms with van der Waals surface area (Å²) in [4.78, 5) is 23.9. The van der Waals surface area contributed by atoms with Crippen molar-refractivity contribution in [3.63, 3.8) is 0 Å². The summed E-state index contributed by atoms with van der Waals surface area (Å²) < 4.78 is 5.05. The van der Waals surface area contributed by atoms with Gasteiger partial charge in [-0.2, -0.15) is 0 Å². The lowest BCUT2D eigenvalue weighted by molar-refractivity contribution is -0.132. The molecule has 4 heteroatoms. The molecule has 1 N–H and O–H groups in total. The Balaban J connectivity index is 2.48. The fourth-order valence-electron chi connectivity index (χ4n) is 3.09. The van der Waals surface area contributed by atoms with Gasteiger partial charge in [0.2, 0.25) is 5.91 Å². The summed E-state index contributed by atoms with van der Waals surface area (Å²) in [5.41, 5.74) is 0. The second-order valence-corrected chi connectivity index (χ2v) is 6.33. The minimum absolute atomic E-state index is 0.0418. The van der Waals surface area contributed by atoms with Gasteiger partial charge in [0.25, 0.3) is 0 Å². The first kappa shape index (κ1) is 17.2. The number of Topliss-reactive ketones (excluding diaryl/α,β-unsaturated/α-hetero) is 1. The number of hydrogen-bond acceptors (Lipinski definition) is 3. The smallest absolute Gasteiger partial charge is 0.223 e. The molecule has 20 heavy (non-hydrogen) atoms. The molecule has 1 amide bonds. The summed E-state index contributed by atoms with van der Waals surface area (Å²) >= 11 is 0. The molecule has 0 radical (unpaired) electrons. The Morgan fingerprint density at radius 2 is 2.00 bits per heavy atom. The summed E-state index contributed by atoms with van der Waals surface area (Å²) in [5.74, 6) is 1.58. The maximum Gasteiger partial charge on any atom is 0.223 e. The summed E-state index contributed by atoms with van der Waals surface area (Å²) in [6, 6.07) is 0. The van der Waals surface area contributed by atoms with Gasteiger partial charge in [-0.3, -0.25) is 9.59 Å². The number of hydrogen-bond donors (Lipinski definition) is 1. The van der Waals surface area contributed by atoms with E-state index in [9.17, 15) is 9.59 Å². The van der Waals surface area contributed by atoms with Crippen LogP contribution in [0.5, 0.6) is 0 Å². The number of carbonyl (C=O) groups excluding carboxylic acids is 2. The van der Waals surface area contributed by atoms with Crippen molar-refractivity contribution in [2.75, 3.05) is 19.8 Å². The maximum absolute atomic E-state index is 12.3. The van der Waals surface area contributed by atoms with Crippen molar-refractivity contribution in [2.45, 2.75) is 47.0 Å². The van der Waals surface area contributed by atoms with E-state index in [1.54, 1.807) is 0 Å². The summed E-state index contributed by atoms with van der Waals surface area (Å²) in [6.45, 7) is 9.12. The fourth-order valence-corrected chi connectivity index (χ4v) is 3.09. The molecule has 0 heterocycles. The third-order valence-corrected chi connectivity index (χ3v) is 4.29. The maximum atomic E-state index is 12.3. The molecule has 4 nitrogen and oxygen atoms in total. The van der Waals surface area contributed by atoms with Gasteiger partial charge >= 0.3 is 0 Å². The van der Waals surface area contributed by atoms with Crippen molar-refractivity contribution in [3.8, 4) is 0 Å². The number of rotatable bonds is 7. The van der Waals surface area contributed by atoms with Crippen LogP contribution < -0.4 is 5.32 Å². The number of amides is 1. The average Bonchev–Trinajstić information content (AvgIpc) is 2.41. The normalized spacial score (nSPS) is 26.6. The molecule has 1 fully saturated rings. The third kappa shape index (κ3) is 5.23. The zero-order valence-electron chi connectivity index (χ0n) is 13.3. The molecule has 0 bridgehead atoms. The number of carbonyl (C=O) groups is 2. The van der Waals surface area contributed by atoms with Crippen molar-refractivity contribution in [1.82, 2.24) is 5.32 Å².